The molecule has 0 bridgehead atoms. The van der Waals surface area contributed by atoms with Gasteiger partial charge in [-0.05, 0) is 48.1 Å². The lowest BCUT2D eigenvalue weighted by molar-refractivity contribution is -0.141. The van der Waals surface area contributed by atoms with E-state index in [0.717, 1.165) is 36.1 Å². The molecule has 2 aromatic carbocycles. The first kappa shape index (κ1) is 27.4. The molecule has 1 aliphatic rings. The first-order valence-electron chi connectivity index (χ1n) is 12.9. The number of methoxy groups -OCH3 is 2. The number of benzene rings is 2. The number of hydrogen-bond donors (Lipinski definition) is 1. The summed E-state index contributed by atoms with van der Waals surface area (Å²) in [6.45, 7) is 0.190. The maximum absolute atomic E-state index is 14.0. The molecule has 1 fully saturated rings. The van der Waals surface area contributed by atoms with Gasteiger partial charge in [-0.25, -0.2) is 4.79 Å². The van der Waals surface area contributed by atoms with Crippen LogP contribution in [0.5, 0.6) is 5.75 Å². The summed E-state index contributed by atoms with van der Waals surface area (Å²) in [6, 6.07) is 17.3. The van der Waals surface area contributed by atoms with Crippen LogP contribution in [0.4, 0.5) is 0 Å². The highest BCUT2D eigenvalue weighted by Crippen LogP contribution is 2.29. The van der Waals surface area contributed by atoms with Gasteiger partial charge in [-0.2, -0.15) is 0 Å². The van der Waals surface area contributed by atoms with Gasteiger partial charge in [0, 0.05) is 16.5 Å². The molecule has 0 radical (unpaired) electrons. The van der Waals surface area contributed by atoms with E-state index in [1.807, 2.05) is 41.8 Å². The van der Waals surface area contributed by atoms with Crippen LogP contribution < -0.4 is 10.1 Å². The third kappa shape index (κ3) is 6.81. The molecule has 0 saturated heterocycles. The number of carbonyl (C=O) groups is 3. The smallest absolute Gasteiger partial charge is 0.337 e. The van der Waals surface area contributed by atoms with Crippen molar-refractivity contribution in [3.63, 3.8) is 0 Å². The van der Waals surface area contributed by atoms with Gasteiger partial charge in [0.25, 0.3) is 0 Å². The summed E-state index contributed by atoms with van der Waals surface area (Å²) < 4.78 is 10.4. The number of amides is 2. The standard InChI is InChI=1S/C30H34N2O5S/c1-36-26-13-7-6-9-23(26)20-32(27(33)19-25-12-8-18-38-25)28(29(34)31-24-10-4-3-5-11-24)21-14-16-22(17-15-21)30(35)37-2/h6-9,12-18,24,28H,3-5,10-11,19-20H2,1-2H3,(H,31,34)/t28-/m0/s1. The van der Waals surface area contributed by atoms with Crippen molar-refractivity contribution in [3.05, 3.63) is 87.6 Å². The Labute approximate surface area is 227 Å². The highest BCUT2D eigenvalue weighted by atomic mass is 32.1. The predicted molar refractivity (Wildman–Crippen MR) is 147 cm³/mol. The van der Waals surface area contributed by atoms with Crippen molar-refractivity contribution in [3.8, 4) is 5.75 Å². The van der Waals surface area contributed by atoms with Crippen LogP contribution in [-0.2, 0) is 27.3 Å². The molecule has 38 heavy (non-hydrogen) atoms. The summed E-state index contributed by atoms with van der Waals surface area (Å²) in [5.41, 5.74) is 1.81. The lowest BCUT2D eigenvalue weighted by Crippen LogP contribution is -2.47. The van der Waals surface area contributed by atoms with Gasteiger partial charge < -0.3 is 19.7 Å². The monoisotopic (exact) mass is 534 g/mol. The van der Waals surface area contributed by atoms with Gasteiger partial charge in [0.2, 0.25) is 11.8 Å². The zero-order chi connectivity index (χ0) is 26.9. The minimum absolute atomic E-state index is 0.0774. The van der Waals surface area contributed by atoms with E-state index in [0.29, 0.717) is 16.9 Å². The fourth-order valence-corrected chi connectivity index (χ4v) is 5.62. The van der Waals surface area contributed by atoms with Crippen LogP contribution in [-0.4, -0.2) is 42.9 Å². The average molecular weight is 535 g/mol. The third-order valence-electron chi connectivity index (χ3n) is 6.92. The van der Waals surface area contributed by atoms with E-state index in [1.54, 1.807) is 36.3 Å². The lowest BCUT2D eigenvalue weighted by Gasteiger charge is -2.34. The lowest BCUT2D eigenvalue weighted by atomic mass is 9.94. The number of hydrogen-bond acceptors (Lipinski definition) is 6. The summed E-state index contributed by atoms with van der Waals surface area (Å²) >= 11 is 1.51. The molecule has 1 aromatic heterocycles. The number of rotatable bonds is 10. The molecule has 2 amide bonds. The molecule has 1 N–H and O–H groups in total. The van der Waals surface area contributed by atoms with E-state index < -0.39 is 12.0 Å². The second-order valence-corrected chi connectivity index (χ2v) is 10.5. The Balaban J connectivity index is 1.73. The van der Waals surface area contributed by atoms with Gasteiger partial charge in [-0.3, -0.25) is 9.59 Å². The Morgan fingerprint density at radius 3 is 2.37 bits per heavy atom. The Morgan fingerprint density at radius 2 is 1.71 bits per heavy atom. The van der Waals surface area contributed by atoms with E-state index >= 15 is 0 Å². The van der Waals surface area contributed by atoms with E-state index in [-0.39, 0.29) is 30.8 Å². The van der Waals surface area contributed by atoms with Crippen LogP contribution in [0.1, 0.15) is 64.5 Å². The number of esters is 1. The molecule has 200 valence electrons. The van der Waals surface area contributed by atoms with Crippen LogP contribution in [0.15, 0.2) is 66.0 Å². The molecule has 7 nitrogen and oxygen atoms in total. The summed E-state index contributed by atoms with van der Waals surface area (Å²) in [5, 5.41) is 5.16. The van der Waals surface area contributed by atoms with Crippen LogP contribution in [0, 0.1) is 0 Å². The topological polar surface area (TPSA) is 84.9 Å². The molecule has 0 spiro atoms. The zero-order valence-electron chi connectivity index (χ0n) is 21.9. The Kier molecular flexibility index (Phi) is 9.54. The minimum atomic E-state index is -0.888. The Hall–Kier alpha value is -3.65. The number of nitrogens with one attached hydrogen (secondary N) is 1. The SMILES string of the molecule is COC(=O)c1ccc([C@@H](C(=O)NC2CCCCC2)N(Cc2ccccc2OC)C(=O)Cc2cccs2)cc1. The number of nitrogens with zero attached hydrogens (tertiary/aromatic N) is 1. The van der Waals surface area contributed by atoms with E-state index in [2.05, 4.69) is 5.32 Å². The number of ether oxygens (including phenoxy) is 2. The normalized spacial score (nSPS) is 14.4. The van der Waals surface area contributed by atoms with E-state index in [9.17, 15) is 14.4 Å². The van der Waals surface area contributed by atoms with Gasteiger partial charge >= 0.3 is 5.97 Å². The van der Waals surface area contributed by atoms with Crippen molar-refractivity contribution in [2.24, 2.45) is 0 Å². The van der Waals surface area contributed by atoms with Gasteiger partial charge in [-0.15, -0.1) is 11.3 Å². The first-order chi connectivity index (χ1) is 18.5. The predicted octanol–water partition coefficient (Wildman–Crippen LogP) is 5.30. The van der Waals surface area contributed by atoms with Crippen molar-refractivity contribution in [1.29, 1.82) is 0 Å². The second-order valence-electron chi connectivity index (χ2n) is 9.45. The Morgan fingerprint density at radius 1 is 0.974 bits per heavy atom. The number of para-hydroxylation sites is 1. The molecule has 1 atom stereocenters. The molecule has 1 saturated carbocycles. The fraction of sp³-hybridized carbons (Fsp3) is 0.367. The molecule has 4 rings (SSSR count). The maximum atomic E-state index is 14.0. The summed E-state index contributed by atoms with van der Waals surface area (Å²) in [5.74, 6) is -0.204. The molecular weight excluding hydrogens is 500 g/mol. The molecular formula is C30H34N2O5S. The van der Waals surface area contributed by atoms with Crippen LogP contribution in [0.3, 0.4) is 0 Å². The van der Waals surface area contributed by atoms with Crippen molar-refractivity contribution in [1.82, 2.24) is 10.2 Å². The number of thiophene rings is 1. The first-order valence-corrected chi connectivity index (χ1v) is 13.8. The highest BCUT2D eigenvalue weighted by molar-refractivity contribution is 7.10. The minimum Gasteiger partial charge on any atom is -0.496 e. The quantitative estimate of drug-likeness (QED) is 0.357. The number of carbonyl (C=O) groups excluding carboxylic acids is 3. The van der Waals surface area contributed by atoms with E-state index in [1.165, 1.54) is 24.9 Å². The van der Waals surface area contributed by atoms with Gasteiger partial charge in [0.05, 0.1) is 32.7 Å². The van der Waals surface area contributed by atoms with Gasteiger partial charge in [0.1, 0.15) is 11.8 Å². The third-order valence-corrected chi connectivity index (χ3v) is 7.79. The maximum Gasteiger partial charge on any atom is 0.337 e. The van der Waals surface area contributed by atoms with E-state index in [4.69, 9.17) is 9.47 Å². The van der Waals surface area contributed by atoms with Crippen molar-refractivity contribution in [2.75, 3.05) is 14.2 Å². The highest BCUT2D eigenvalue weighted by Gasteiger charge is 2.33. The van der Waals surface area contributed by atoms with Crippen LogP contribution in [0.25, 0.3) is 0 Å². The van der Waals surface area contributed by atoms with Gasteiger partial charge in [-0.1, -0.05) is 55.7 Å². The van der Waals surface area contributed by atoms with Crippen molar-refractivity contribution in [2.45, 2.75) is 57.2 Å². The summed E-state index contributed by atoms with van der Waals surface area (Å²) in [4.78, 5) is 42.4. The van der Waals surface area contributed by atoms with Crippen LogP contribution in [0.2, 0.25) is 0 Å². The fourth-order valence-electron chi connectivity index (χ4n) is 4.92. The summed E-state index contributed by atoms with van der Waals surface area (Å²) in [7, 11) is 2.92. The second kappa shape index (κ2) is 13.2. The molecule has 8 heteroatoms. The molecule has 0 unspecified atom stereocenters. The summed E-state index contributed by atoms with van der Waals surface area (Å²) in [6.07, 6.45) is 5.35. The Bertz CT molecular complexity index is 1220. The molecule has 1 heterocycles. The van der Waals surface area contributed by atoms with Gasteiger partial charge in [0.15, 0.2) is 0 Å². The molecule has 3 aromatic rings. The zero-order valence-corrected chi connectivity index (χ0v) is 22.7. The molecule has 1 aliphatic carbocycles. The van der Waals surface area contributed by atoms with Crippen LogP contribution >= 0.6 is 11.3 Å². The van der Waals surface area contributed by atoms with Crippen molar-refractivity contribution < 1.29 is 23.9 Å². The van der Waals surface area contributed by atoms with Crippen molar-refractivity contribution >= 4 is 29.1 Å². The molecule has 0 aliphatic heterocycles. The average Bonchev–Trinajstić information content (AvgIpc) is 3.46. The largest absolute Gasteiger partial charge is 0.496 e.